The second kappa shape index (κ2) is 7.69. The predicted octanol–water partition coefficient (Wildman–Crippen LogP) is 7.07. The van der Waals surface area contributed by atoms with Gasteiger partial charge in [0.1, 0.15) is 0 Å². The van der Waals surface area contributed by atoms with Crippen molar-refractivity contribution in [2.45, 2.75) is 0 Å². The molecule has 0 bridgehead atoms. The Morgan fingerprint density at radius 2 is 1.63 bits per heavy atom. The Kier molecular flexibility index (Phi) is 4.87. The van der Waals surface area contributed by atoms with Gasteiger partial charge in [-0.05, 0) is 42.5 Å². The zero-order valence-electron chi connectivity index (χ0n) is 15.4. The highest BCUT2D eigenvalue weighted by atomic mass is 35.5. The average molecular weight is 450 g/mol. The van der Waals surface area contributed by atoms with E-state index in [9.17, 15) is 4.79 Å². The number of hydrogen-bond donors (Lipinski definition) is 1. The van der Waals surface area contributed by atoms with Crippen LogP contribution in [0.25, 0.3) is 32.4 Å². The van der Waals surface area contributed by atoms with Crippen LogP contribution in [0.5, 0.6) is 0 Å². The molecule has 3 aromatic carbocycles. The summed E-state index contributed by atoms with van der Waals surface area (Å²) in [4.78, 5) is 22.4. The van der Waals surface area contributed by atoms with Gasteiger partial charge in [0.2, 0.25) is 0 Å². The fourth-order valence-electron chi connectivity index (χ4n) is 3.29. The van der Waals surface area contributed by atoms with Crippen molar-refractivity contribution in [3.8, 4) is 11.3 Å². The molecule has 1 N–H and O–H groups in total. The number of pyridine rings is 1. The minimum absolute atomic E-state index is 0.251. The first-order valence-electron chi connectivity index (χ1n) is 9.10. The molecular formula is C23H13Cl2N3OS. The summed E-state index contributed by atoms with van der Waals surface area (Å²) < 4.78 is 1.01. The molecule has 4 nitrogen and oxygen atoms in total. The van der Waals surface area contributed by atoms with Crippen LogP contribution in [0, 0.1) is 0 Å². The van der Waals surface area contributed by atoms with E-state index >= 15 is 0 Å². The molecule has 30 heavy (non-hydrogen) atoms. The highest BCUT2D eigenvalue weighted by Crippen LogP contribution is 2.32. The average Bonchev–Trinajstić information content (AvgIpc) is 3.15. The first-order chi connectivity index (χ1) is 14.6. The summed E-state index contributed by atoms with van der Waals surface area (Å²) in [5.74, 6) is -0.251. The monoisotopic (exact) mass is 449 g/mol. The van der Waals surface area contributed by atoms with Crippen LogP contribution in [0.2, 0.25) is 10.0 Å². The lowest BCUT2D eigenvalue weighted by Crippen LogP contribution is -2.13. The number of thiazole rings is 1. The second-order valence-electron chi connectivity index (χ2n) is 6.64. The first-order valence-corrected chi connectivity index (χ1v) is 10.7. The summed E-state index contributed by atoms with van der Waals surface area (Å²) in [5, 5.41) is 5.25. The van der Waals surface area contributed by atoms with Gasteiger partial charge in [-0.25, -0.2) is 9.97 Å². The van der Waals surface area contributed by atoms with Crippen LogP contribution >= 0.6 is 34.5 Å². The molecule has 0 saturated carbocycles. The molecule has 0 fully saturated rings. The van der Waals surface area contributed by atoms with Crippen LogP contribution in [0.4, 0.5) is 5.13 Å². The Balaban J connectivity index is 1.60. The third-order valence-corrected chi connectivity index (χ3v) is 6.18. The van der Waals surface area contributed by atoms with Gasteiger partial charge in [-0.2, -0.15) is 0 Å². The van der Waals surface area contributed by atoms with E-state index in [0.717, 1.165) is 15.6 Å². The van der Waals surface area contributed by atoms with Gasteiger partial charge in [-0.15, -0.1) is 0 Å². The Hall–Kier alpha value is -2.99. The summed E-state index contributed by atoms with van der Waals surface area (Å²) in [6.45, 7) is 0. The maximum absolute atomic E-state index is 13.2. The second-order valence-corrected chi connectivity index (χ2v) is 8.51. The Labute approximate surface area is 186 Å². The molecule has 0 saturated heterocycles. The Morgan fingerprint density at radius 1 is 0.867 bits per heavy atom. The van der Waals surface area contributed by atoms with Gasteiger partial charge in [-0.3, -0.25) is 10.1 Å². The zero-order valence-corrected chi connectivity index (χ0v) is 17.7. The van der Waals surface area contributed by atoms with E-state index in [1.807, 2.05) is 48.5 Å². The first kappa shape index (κ1) is 19.0. The smallest absolute Gasteiger partial charge is 0.258 e. The minimum Gasteiger partial charge on any atom is -0.298 e. The fourth-order valence-corrected chi connectivity index (χ4v) is 4.65. The van der Waals surface area contributed by atoms with Gasteiger partial charge in [0.25, 0.3) is 5.91 Å². The van der Waals surface area contributed by atoms with Crippen molar-refractivity contribution in [1.29, 1.82) is 0 Å². The third kappa shape index (κ3) is 3.52. The van der Waals surface area contributed by atoms with Gasteiger partial charge in [0.15, 0.2) is 5.13 Å². The summed E-state index contributed by atoms with van der Waals surface area (Å²) >= 11 is 13.9. The molecule has 2 heterocycles. The summed E-state index contributed by atoms with van der Waals surface area (Å²) in [7, 11) is 0. The molecule has 2 aromatic heterocycles. The van der Waals surface area contributed by atoms with E-state index in [0.29, 0.717) is 37.5 Å². The molecule has 0 atom stereocenters. The molecule has 0 radical (unpaired) electrons. The van der Waals surface area contributed by atoms with Crippen molar-refractivity contribution in [1.82, 2.24) is 9.97 Å². The van der Waals surface area contributed by atoms with E-state index < -0.39 is 0 Å². The number of para-hydroxylation sites is 2. The highest BCUT2D eigenvalue weighted by molar-refractivity contribution is 7.22. The van der Waals surface area contributed by atoms with Crippen molar-refractivity contribution >= 4 is 66.7 Å². The maximum atomic E-state index is 13.2. The van der Waals surface area contributed by atoms with Crippen molar-refractivity contribution in [2.75, 3.05) is 5.32 Å². The number of fused-ring (bicyclic) bond motifs is 2. The number of benzene rings is 3. The molecule has 1 amide bonds. The standard InChI is InChI=1S/C23H13Cl2N3OS/c24-13-9-10-15(17(25)11-13)20-12-16(14-5-1-2-6-18(14)26-20)22(29)28-23-27-19-7-3-4-8-21(19)30-23/h1-12H,(H,27,28,29). The van der Waals surface area contributed by atoms with Crippen LogP contribution in [-0.4, -0.2) is 15.9 Å². The van der Waals surface area contributed by atoms with Gasteiger partial charge < -0.3 is 0 Å². The number of carbonyl (C=O) groups is 1. The molecule has 0 aliphatic carbocycles. The molecular weight excluding hydrogens is 437 g/mol. The number of anilines is 1. The topological polar surface area (TPSA) is 54.9 Å². The normalized spacial score (nSPS) is 11.1. The SMILES string of the molecule is O=C(Nc1nc2ccccc2s1)c1cc(-c2ccc(Cl)cc2Cl)nc2ccccc12. The lowest BCUT2D eigenvalue weighted by atomic mass is 10.0. The summed E-state index contributed by atoms with van der Waals surface area (Å²) in [6.07, 6.45) is 0. The number of nitrogens with zero attached hydrogens (tertiary/aromatic N) is 2. The predicted molar refractivity (Wildman–Crippen MR) is 125 cm³/mol. The number of amides is 1. The number of carbonyl (C=O) groups excluding carboxylic acids is 1. The lowest BCUT2D eigenvalue weighted by Gasteiger charge is -2.11. The van der Waals surface area contributed by atoms with Crippen LogP contribution in [-0.2, 0) is 0 Å². The molecule has 0 unspecified atom stereocenters. The van der Waals surface area contributed by atoms with Gasteiger partial charge in [0.05, 0.1) is 32.0 Å². The van der Waals surface area contributed by atoms with Crippen LogP contribution in [0.3, 0.4) is 0 Å². The van der Waals surface area contributed by atoms with E-state index in [-0.39, 0.29) is 5.91 Å². The van der Waals surface area contributed by atoms with Crippen LogP contribution in [0.1, 0.15) is 10.4 Å². The van der Waals surface area contributed by atoms with Crippen molar-refractivity contribution < 1.29 is 4.79 Å². The molecule has 0 aliphatic rings. The number of halogens is 2. The van der Waals surface area contributed by atoms with Gasteiger partial charge in [0, 0.05) is 16.0 Å². The van der Waals surface area contributed by atoms with Crippen LogP contribution in [0.15, 0.2) is 72.8 Å². The number of hydrogen-bond acceptors (Lipinski definition) is 4. The molecule has 0 aliphatic heterocycles. The van der Waals surface area contributed by atoms with Crippen molar-refractivity contribution in [2.24, 2.45) is 0 Å². The highest BCUT2D eigenvalue weighted by Gasteiger charge is 2.17. The van der Waals surface area contributed by atoms with E-state index in [2.05, 4.69) is 10.3 Å². The molecule has 5 rings (SSSR count). The fraction of sp³-hybridized carbons (Fsp3) is 0. The van der Waals surface area contributed by atoms with Crippen molar-refractivity contribution in [3.05, 3.63) is 88.4 Å². The lowest BCUT2D eigenvalue weighted by molar-refractivity contribution is 0.102. The summed E-state index contributed by atoms with van der Waals surface area (Å²) in [5.41, 5.74) is 3.37. The molecule has 0 spiro atoms. The third-order valence-electron chi connectivity index (χ3n) is 4.68. The molecule has 5 aromatic rings. The maximum Gasteiger partial charge on any atom is 0.258 e. The van der Waals surface area contributed by atoms with E-state index in [1.165, 1.54) is 11.3 Å². The molecule has 146 valence electrons. The largest absolute Gasteiger partial charge is 0.298 e. The Bertz CT molecular complexity index is 1400. The van der Waals surface area contributed by atoms with Crippen LogP contribution < -0.4 is 5.32 Å². The summed E-state index contributed by atoms with van der Waals surface area (Å²) in [6, 6.07) is 22.3. The quantitative estimate of drug-likeness (QED) is 0.320. The van der Waals surface area contributed by atoms with Crippen molar-refractivity contribution in [3.63, 3.8) is 0 Å². The van der Waals surface area contributed by atoms with E-state index in [4.69, 9.17) is 28.2 Å². The molecule has 7 heteroatoms. The number of aromatic nitrogens is 2. The Morgan fingerprint density at radius 3 is 2.43 bits per heavy atom. The van der Waals surface area contributed by atoms with E-state index in [1.54, 1.807) is 24.3 Å². The number of nitrogens with one attached hydrogen (secondary N) is 1. The number of rotatable bonds is 3. The minimum atomic E-state index is -0.251. The van der Waals surface area contributed by atoms with Gasteiger partial charge in [-0.1, -0.05) is 64.9 Å². The zero-order chi connectivity index (χ0) is 20.7. The van der Waals surface area contributed by atoms with Gasteiger partial charge >= 0.3 is 0 Å².